The number of carboxylic acids is 1. The van der Waals surface area contributed by atoms with E-state index in [-0.39, 0.29) is 11.7 Å². The Labute approximate surface area is 97.1 Å². The summed E-state index contributed by atoms with van der Waals surface area (Å²) in [5.74, 6) is 0.141. The van der Waals surface area contributed by atoms with E-state index >= 15 is 0 Å². The fraction of sp³-hybridized carbons (Fsp3) is 0.333. The number of rotatable bonds is 3. The van der Waals surface area contributed by atoms with Crippen LogP contribution in [0.15, 0.2) is 21.2 Å². The summed E-state index contributed by atoms with van der Waals surface area (Å²) in [7, 11) is 0. The van der Waals surface area contributed by atoms with E-state index in [1.165, 1.54) is 6.26 Å². The van der Waals surface area contributed by atoms with Crippen LogP contribution >= 0.6 is 0 Å². The molecule has 2 aromatic heterocycles. The molecule has 1 fully saturated rings. The maximum Gasteiger partial charge on any atom is 0.373 e. The van der Waals surface area contributed by atoms with Gasteiger partial charge in [0.2, 0.25) is 11.7 Å². The lowest BCUT2D eigenvalue weighted by Crippen LogP contribution is -1.98. The monoisotopic (exact) mass is 233 g/mol. The van der Waals surface area contributed by atoms with Gasteiger partial charge in [0.25, 0.3) is 0 Å². The Kier molecular flexibility index (Phi) is 2.07. The molecule has 0 aromatic carbocycles. The highest BCUT2D eigenvalue weighted by molar-refractivity contribution is 5.86. The van der Waals surface area contributed by atoms with Crippen molar-refractivity contribution < 1.29 is 18.7 Å². The Balaban J connectivity index is 2.10. The molecule has 1 aliphatic carbocycles. The van der Waals surface area contributed by atoms with Crippen LogP contribution in [0.3, 0.4) is 0 Å². The van der Waals surface area contributed by atoms with Crippen LogP contribution in [-0.4, -0.2) is 16.1 Å². The second-order valence-electron chi connectivity index (χ2n) is 4.20. The fourth-order valence-electron chi connectivity index (χ4n) is 1.84. The van der Waals surface area contributed by atoms with Crippen molar-refractivity contribution in [2.45, 2.75) is 25.7 Å². The van der Waals surface area contributed by atoms with Gasteiger partial charge in [-0.25, -0.2) is 9.78 Å². The lowest BCUT2D eigenvalue weighted by atomic mass is 10.2. The Morgan fingerprint density at radius 1 is 1.53 bits per heavy atom. The first-order chi connectivity index (χ1) is 8.16. The predicted molar refractivity (Wildman–Crippen MR) is 57.9 cm³/mol. The number of nitrogens with zero attached hydrogens (tertiary/aromatic N) is 1. The van der Waals surface area contributed by atoms with Gasteiger partial charge in [-0.05, 0) is 25.8 Å². The number of aryl methyl sites for hydroxylation is 1. The van der Waals surface area contributed by atoms with Gasteiger partial charge in [0.05, 0.1) is 17.5 Å². The van der Waals surface area contributed by atoms with Crippen LogP contribution < -0.4 is 0 Å². The van der Waals surface area contributed by atoms with Crippen molar-refractivity contribution in [3.8, 4) is 11.5 Å². The summed E-state index contributed by atoms with van der Waals surface area (Å²) in [4.78, 5) is 15.4. The largest absolute Gasteiger partial charge is 0.475 e. The van der Waals surface area contributed by atoms with Gasteiger partial charge in [-0.15, -0.1) is 0 Å². The summed E-state index contributed by atoms with van der Waals surface area (Å²) in [6.45, 7) is 1.79. The Morgan fingerprint density at radius 3 is 2.82 bits per heavy atom. The molecule has 3 rings (SSSR count). The van der Waals surface area contributed by atoms with Crippen LogP contribution in [0, 0.1) is 6.92 Å². The van der Waals surface area contributed by atoms with Gasteiger partial charge in [-0.3, -0.25) is 0 Å². The zero-order valence-electron chi connectivity index (χ0n) is 9.27. The number of carboxylic acid groups (broad SMARTS) is 1. The fourth-order valence-corrected chi connectivity index (χ4v) is 1.84. The SMILES string of the molecule is Cc1occc1-c1nc(C2CC2)c(C(=O)O)o1. The van der Waals surface area contributed by atoms with Crippen molar-refractivity contribution in [2.24, 2.45) is 0 Å². The molecule has 1 N–H and O–H groups in total. The van der Waals surface area contributed by atoms with Crippen molar-refractivity contribution >= 4 is 5.97 Å². The number of furan rings is 1. The summed E-state index contributed by atoms with van der Waals surface area (Å²) < 4.78 is 10.5. The van der Waals surface area contributed by atoms with Gasteiger partial charge >= 0.3 is 5.97 Å². The topological polar surface area (TPSA) is 76.5 Å². The smallest absolute Gasteiger partial charge is 0.373 e. The van der Waals surface area contributed by atoms with E-state index in [1.807, 2.05) is 0 Å². The lowest BCUT2D eigenvalue weighted by Gasteiger charge is -1.90. The lowest BCUT2D eigenvalue weighted by molar-refractivity contribution is 0.0661. The van der Waals surface area contributed by atoms with Crippen LogP contribution in [0.5, 0.6) is 0 Å². The van der Waals surface area contributed by atoms with E-state index in [0.717, 1.165) is 12.8 Å². The van der Waals surface area contributed by atoms with Crippen LogP contribution in [0.1, 0.15) is 40.8 Å². The van der Waals surface area contributed by atoms with Crippen LogP contribution in [0.25, 0.3) is 11.5 Å². The van der Waals surface area contributed by atoms with Crippen LogP contribution in [0.2, 0.25) is 0 Å². The van der Waals surface area contributed by atoms with Gasteiger partial charge in [0, 0.05) is 5.92 Å². The van der Waals surface area contributed by atoms with E-state index in [4.69, 9.17) is 13.9 Å². The van der Waals surface area contributed by atoms with Gasteiger partial charge in [-0.2, -0.15) is 0 Å². The molecule has 0 aliphatic heterocycles. The zero-order chi connectivity index (χ0) is 12.0. The van der Waals surface area contributed by atoms with E-state index in [1.54, 1.807) is 13.0 Å². The van der Waals surface area contributed by atoms with Gasteiger partial charge < -0.3 is 13.9 Å². The Morgan fingerprint density at radius 2 is 2.29 bits per heavy atom. The molecule has 0 spiro atoms. The maximum absolute atomic E-state index is 11.1. The van der Waals surface area contributed by atoms with Crippen molar-refractivity contribution in [3.05, 3.63) is 29.5 Å². The zero-order valence-corrected chi connectivity index (χ0v) is 9.27. The summed E-state index contributed by atoms with van der Waals surface area (Å²) in [6, 6.07) is 1.73. The van der Waals surface area contributed by atoms with E-state index in [9.17, 15) is 4.79 Å². The van der Waals surface area contributed by atoms with Crippen molar-refractivity contribution in [2.75, 3.05) is 0 Å². The number of carbonyl (C=O) groups is 1. The first kappa shape index (κ1) is 10.1. The molecule has 0 unspecified atom stereocenters. The highest BCUT2D eigenvalue weighted by Gasteiger charge is 2.34. The number of oxazole rings is 1. The van der Waals surface area contributed by atoms with Crippen LogP contribution in [-0.2, 0) is 0 Å². The minimum atomic E-state index is -1.06. The molecule has 2 heterocycles. The molecular formula is C12H11NO4. The molecule has 0 radical (unpaired) electrons. The molecule has 17 heavy (non-hydrogen) atoms. The average molecular weight is 233 g/mol. The summed E-state index contributed by atoms with van der Waals surface area (Å²) >= 11 is 0. The van der Waals surface area contributed by atoms with Gasteiger partial charge in [0.15, 0.2) is 0 Å². The average Bonchev–Trinajstić information content (AvgIpc) is 2.88. The number of hydrogen-bond acceptors (Lipinski definition) is 4. The molecule has 2 aromatic rings. The third kappa shape index (κ3) is 1.63. The van der Waals surface area contributed by atoms with Crippen molar-refractivity contribution in [1.82, 2.24) is 4.98 Å². The van der Waals surface area contributed by atoms with Crippen molar-refractivity contribution in [3.63, 3.8) is 0 Å². The Bertz CT molecular complexity index is 577. The molecule has 5 heteroatoms. The molecule has 5 nitrogen and oxygen atoms in total. The van der Waals surface area contributed by atoms with E-state index in [2.05, 4.69) is 4.98 Å². The van der Waals surface area contributed by atoms with E-state index in [0.29, 0.717) is 22.9 Å². The quantitative estimate of drug-likeness (QED) is 0.881. The second kappa shape index (κ2) is 3.48. The van der Waals surface area contributed by atoms with E-state index < -0.39 is 5.97 Å². The number of aromatic nitrogens is 1. The third-order valence-corrected chi connectivity index (χ3v) is 2.90. The minimum absolute atomic E-state index is 0.0388. The normalized spacial score (nSPS) is 15.1. The molecule has 0 saturated heterocycles. The summed E-state index contributed by atoms with van der Waals surface area (Å²) in [5.41, 5.74) is 1.27. The van der Waals surface area contributed by atoms with Gasteiger partial charge in [-0.1, -0.05) is 0 Å². The second-order valence-corrected chi connectivity index (χ2v) is 4.20. The number of aromatic carboxylic acids is 1. The third-order valence-electron chi connectivity index (χ3n) is 2.90. The Hall–Kier alpha value is -2.04. The molecule has 0 atom stereocenters. The minimum Gasteiger partial charge on any atom is -0.475 e. The molecule has 0 bridgehead atoms. The molecule has 0 amide bonds. The summed E-state index contributed by atoms with van der Waals surface area (Å²) in [5, 5.41) is 9.07. The first-order valence-electron chi connectivity index (χ1n) is 5.45. The highest BCUT2D eigenvalue weighted by atomic mass is 16.4. The molecule has 1 aliphatic rings. The first-order valence-corrected chi connectivity index (χ1v) is 5.45. The van der Waals surface area contributed by atoms with Gasteiger partial charge in [0.1, 0.15) is 5.76 Å². The molecule has 88 valence electrons. The predicted octanol–water partition coefficient (Wildman–Crippen LogP) is 2.82. The number of hydrogen-bond donors (Lipinski definition) is 1. The maximum atomic E-state index is 11.1. The van der Waals surface area contributed by atoms with Crippen molar-refractivity contribution in [1.29, 1.82) is 0 Å². The summed E-state index contributed by atoms with van der Waals surface area (Å²) in [6.07, 6.45) is 3.50. The van der Waals surface area contributed by atoms with Crippen LogP contribution in [0.4, 0.5) is 0 Å². The highest BCUT2D eigenvalue weighted by Crippen LogP contribution is 2.42. The standard InChI is InChI=1S/C12H11NO4/c1-6-8(4-5-16-6)11-13-9(7-2-3-7)10(17-11)12(14)15/h4-5,7H,2-3H2,1H3,(H,14,15). The molecule has 1 saturated carbocycles. The molecular weight excluding hydrogens is 222 g/mol.